The van der Waals surface area contributed by atoms with Crippen LogP contribution in [0.25, 0.3) is 10.9 Å². The van der Waals surface area contributed by atoms with Crippen LogP contribution in [0.15, 0.2) is 53.3 Å². The van der Waals surface area contributed by atoms with Crippen molar-refractivity contribution < 1.29 is 9.69 Å². The summed E-state index contributed by atoms with van der Waals surface area (Å²) in [6, 6.07) is 15.8. The van der Waals surface area contributed by atoms with Crippen molar-refractivity contribution in [3.63, 3.8) is 0 Å². The van der Waals surface area contributed by atoms with Crippen LogP contribution in [0, 0.1) is 0 Å². The largest absolute Gasteiger partial charge is 0.352 e. The molecule has 4 rings (SSSR count). The van der Waals surface area contributed by atoms with Crippen molar-refractivity contribution in [2.24, 2.45) is 7.05 Å². The minimum atomic E-state index is -0.0770. The quantitative estimate of drug-likeness (QED) is 0.624. The summed E-state index contributed by atoms with van der Waals surface area (Å²) in [5, 5.41) is 3.57. The van der Waals surface area contributed by atoms with Gasteiger partial charge in [-0.05, 0) is 17.7 Å². The Morgan fingerprint density at radius 2 is 1.77 bits per heavy atom. The SMILES string of the molecule is Cn1c(CCC(=O)NCc2ccc(C[NH+]3CCCC3)cc2)nc2ccccc2c1=O. The molecule has 3 aromatic rings. The lowest BCUT2D eigenvalue weighted by atomic mass is 10.1. The van der Waals surface area contributed by atoms with Crippen LogP contribution in [-0.2, 0) is 31.4 Å². The maximum absolute atomic E-state index is 12.5. The van der Waals surface area contributed by atoms with E-state index in [0.29, 0.717) is 36.1 Å². The molecule has 6 heteroatoms. The van der Waals surface area contributed by atoms with Gasteiger partial charge in [-0.25, -0.2) is 4.98 Å². The zero-order chi connectivity index (χ0) is 20.9. The fraction of sp³-hybridized carbons (Fsp3) is 0.375. The number of nitrogens with zero attached hydrogens (tertiary/aromatic N) is 2. The van der Waals surface area contributed by atoms with Crippen molar-refractivity contribution in [1.29, 1.82) is 0 Å². The summed E-state index contributed by atoms with van der Waals surface area (Å²) in [4.78, 5) is 31.0. The third-order valence-corrected chi connectivity index (χ3v) is 5.93. The summed E-state index contributed by atoms with van der Waals surface area (Å²) < 4.78 is 1.54. The van der Waals surface area contributed by atoms with Crippen LogP contribution < -0.4 is 15.8 Å². The first-order valence-corrected chi connectivity index (χ1v) is 10.7. The molecule has 2 heterocycles. The zero-order valence-electron chi connectivity index (χ0n) is 17.5. The Bertz CT molecular complexity index is 1080. The molecule has 0 saturated carbocycles. The van der Waals surface area contributed by atoms with E-state index in [2.05, 4.69) is 34.6 Å². The number of hydrogen-bond acceptors (Lipinski definition) is 3. The van der Waals surface area contributed by atoms with Crippen LogP contribution in [0.4, 0.5) is 0 Å². The van der Waals surface area contributed by atoms with Crippen molar-refractivity contribution in [3.8, 4) is 0 Å². The maximum atomic E-state index is 12.5. The van der Waals surface area contributed by atoms with Gasteiger partial charge < -0.3 is 10.2 Å². The van der Waals surface area contributed by atoms with E-state index in [9.17, 15) is 9.59 Å². The van der Waals surface area contributed by atoms with Crippen LogP contribution in [0.2, 0.25) is 0 Å². The average Bonchev–Trinajstić information content (AvgIpc) is 3.28. The second-order valence-corrected chi connectivity index (χ2v) is 8.14. The van der Waals surface area contributed by atoms with E-state index in [0.717, 1.165) is 12.1 Å². The first kappa shape index (κ1) is 20.3. The molecule has 2 aromatic carbocycles. The van der Waals surface area contributed by atoms with Crippen LogP contribution in [0.5, 0.6) is 0 Å². The fourth-order valence-corrected chi connectivity index (χ4v) is 4.12. The number of nitrogens with one attached hydrogen (secondary N) is 2. The summed E-state index contributed by atoms with van der Waals surface area (Å²) in [7, 11) is 1.71. The molecule has 0 aliphatic carbocycles. The van der Waals surface area contributed by atoms with Crippen molar-refractivity contribution in [1.82, 2.24) is 14.9 Å². The Morgan fingerprint density at radius 3 is 2.53 bits per heavy atom. The van der Waals surface area contributed by atoms with Crippen LogP contribution in [-0.4, -0.2) is 28.5 Å². The number of para-hydroxylation sites is 1. The van der Waals surface area contributed by atoms with E-state index in [1.165, 1.54) is 36.1 Å². The summed E-state index contributed by atoms with van der Waals surface area (Å²) in [6.07, 6.45) is 3.40. The molecule has 0 unspecified atom stereocenters. The van der Waals surface area contributed by atoms with E-state index in [4.69, 9.17) is 0 Å². The summed E-state index contributed by atoms with van der Waals surface area (Å²) in [5.41, 5.74) is 3.05. The predicted molar refractivity (Wildman–Crippen MR) is 117 cm³/mol. The highest BCUT2D eigenvalue weighted by Gasteiger charge is 2.15. The molecular formula is C24H29N4O2+. The number of carbonyl (C=O) groups excluding carboxylic acids is 1. The Kier molecular flexibility index (Phi) is 6.23. The third kappa shape index (κ3) is 4.76. The van der Waals surface area contributed by atoms with Gasteiger partial charge >= 0.3 is 0 Å². The second-order valence-electron chi connectivity index (χ2n) is 8.14. The molecule has 30 heavy (non-hydrogen) atoms. The van der Waals surface area contributed by atoms with Crippen LogP contribution in [0.3, 0.4) is 0 Å². The van der Waals surface area contributed by atoms with E-state index >= 15 is 0 Å². The number of hydrogen-bond donors (Lipinski definition) is 2. The number of carbonyl (C=O) groups is 1. The lowest BCUT2D eigenvalue weighted by Crippen LogP contribution is -3.08. The monoisotopic (exact) mass is 405 g/mol. The van der Waals surface area contributed by atoms with E-state index in [1.54, 1.807) is 18.0 Å². The molecule has 1 saturated heterocycles. The normalized spacial score (nSPS) is 14.3. The van der Waals surface area contributed by atoms with Crippen molar-refractivity contribution >= 4 is 16.8 Å². The topological polar surface area (TPSA) is 68.4 Å². The minimum Gasteiger partial charge on any atom is -0.352 e. The Hall–Kier alpha value is -2.99. The number of rotatable bonds is 7. The molecule has 1 fully saturated rings. The van der Waals surface area contributed by atoms with Crippen molar-refractivity contribution in [3.05, 3.63) is 75.8 Å². The van der Waals surface area contributed by atoms with Crippen molar-refractivity contribution in [2.75, 3.05) is 13.1 Å². The highest BCUT2D eigenvalue weighted by molar-refractivity contribution is 5.78. The first-order chi connectivity index (χ1) is 14.6. The molecule has 2 N–H and O–H groups in total. The van der Waals surface area contributed by atoms with Gasteiger partial charge in [0, 0.05) is 44.8 Å². The first-order valence-electron chi connectivity index (χ1n) is 10.7. The summed E-state index contributed by atoms with van der Waals surface area (Å²) in [6.45, 7) is 4.15. The molecule has 1 aliphatic rings. The van der Waals surface area contributed by atoms with Gasteiger partial charge in [-0.2, -0.15) is 0 Å². The average molecular weight is 406 g/mol. The van der Waals surface area contributed by atoms with Gasteiger partial charge in [0.2, 0.25) is 5.91 Å². The fourth-order valence-electron chi connectivity index (χ4n) is 4.12. The van der Waals surface area contributed by atoms with Gasteiger partial charge in [-0.3, -0.25) is 14.2 Å². The van der Waals surface area contributed by atoms with Crippen LogP contribution >= 0.6 is 0 Å². The molecule has 0 bridgehead atoms. The number of aryl methyl sites for hydroxylation is 1. The summed E-state index contributed by atoms with van der Waals surface area (Å²) in [5.74, 6) is 0.589. The highest BCUT2D eigenvalue weighted by Crippen LogP contribution is 2.09. The van der Waals surface area contributed by atoms with Crippen molar-refractivity contribution in [2.45, 2.75) is 38.8 Å². The van der Waals surface area contributed by atoms with Gasteiger partial charge in [0.05, 0.1) is 24.0 Å². The highest BCUT2D eigenvalue weighted by atomic mass is 16.1. The predicted octanol–water partition coefficient (Wildman–Crippen LogP) is 1.36. The second kappa shape index (κ2) is 9.22. The molecule has 6 nitrogen and oxygen atoms in total. The lowest BCUT2D eigenvalue weighted by molar-refractivity contribution is -0.901. The number of benzene rings is 2. The van der Waals surface area contributed by atoms with Gasteiger partial charge in [0.25, 0.3) is 5.56 Å². The number of likely N-dealkylation sites (tertiary alicyclic amines) is 1. The molecule has 1 aliphatic heterocycles. The Labute approximate surface area is 176 Å². The molecule has 0 spiro atoms. The molecule has 0 radical (unpaired) electrons. The van der Waals surface area contributed by atoms with Gasteiger partial charge in [0.15, 0.2) is 0 Å². The Balaban J connectivity index is 1.29. The van der Waals surface area contributed by atoms with E-state index < -0.39 is 0 Å². The van der Waals surface area contributed by atoms with Crippen LogP contribution in [0.1, 0.15) is 36.2 Å². The Morgan fingerprint density at radius 1 is 1.07 bits per heavy atom. The minimum absolute atomic E-state index is 0.0389. The summed E-state index contributed by atoms with van der Waals surface area (Å²) >= 11 is 0. The number of fused-ring (bicyclic) bond motifs is 1. The molecular weight excluding hydrogens is 376 g/mol. The number of quaternary nitrogens is 1. The zero-order valence-corrected chi connectivity index (χ0v) is 17.5. The van der Waals surface area contributed by atoms with E-state index in [-0.39, 0.29) is 11.5 Å². The van der Waals surface area contributed by atoms with Gasteiger partial charge in [-0.1, -0.05) is 36.4 Å². The number of aromatic nitrogens is 2. The maximum Gasteiger partial charge on any atom is 0.261 e. The van der Waals surface area contributed by atoms with E-state index in [1.807, 2.05) is 18.2 Å². The molecule has 0 atom stereocenters. The number of amides is 1. The standard InChI is InChI=1S/C24H28N4O2/c1-27-22(26-21-7-3-2-6-20(21)24(27)30)12-13-23(29)25-16-18-8-10-19(11-9-18)17-28-14-4-5-15-28/h2-3,6-11H,4-5,12-17H2,1H3,(H,25,29)/p+1. The van der Waals surface area contributed by atoms with Gasteiger partial charge in [-0.15, -0.1) is 0 Å². The smallest absolute Gasteiger partial charge is 0.261 e. The van der Waals surface area contributed by atoms with Gasteiger partial charge in [0.1, 0.15) is 12.4 Å². The lowest BCUT2D eigenvalue weighted by Gasteiger charge is -2.12. The molecule has 1 aromatic heterocycles. The third-order valence-electron chi connectivity index (χ3n) is 5.93. The molecule has 156 valence electrons. The molecule has 1 amide bonds.